The predicted octanol–water partition coefficient (Wildman–Crippen LogP) is 3.60. The highest BCUT2D eigenvalue weighted by molar-refractivity contribution is 5.85. The van der Waals surface area contributed by atoms with Gasteiger partial charge in [-0.25, -0.2) is 0 Å². The summed E-state index contributed by atoms with van der Waals surface area (Å²) in [6.07, 6.45) is -3.32. The Hall–Kier alpha value is -0.780. The van der Waals surface area contributed by atoms with Gasteiger partial charge in [-0.2, -0.15) is 13.2 Å². The highest BCUT2D eigenvalue weighted by atomic mass is 35.5. The van der Waals surface area contributed by atoms with E-state index in [1.165, 1.54) is 12.1 Å². The third-order valence-electron chi connectivity index (χ3n) is 4.12. The molecule has 1 aromatic rings. The quantitative estimate of drug-likeness (QED) is 0.901. The van der Waals surface area contributed by atoms with E-state index in [4.69, 9.17) is 5.73 Å². The number of hydrogen-bond donors (Lipinski definition) is 1. The Bertz CT molecular complexity index is 476. The molecule has 0 aliphatic carbocycles. The Morgan fingerprint density at radius 2 is 2.00 bits per heavy atom. The minimum atomic E-state index is -4.27. The summed E-state index contributed by atoms with van der Waals surface area (Å²) in [6.45, 7) is 6.37. The topological polar surface area (TPSA) is 29.3 Å². The number of aryl methyl sites for hydroxylation is 1. The lowest BCUT2D eigenvalue weighted by atomic mass is 9.94. The van der Waals surface area contributed by atoms with Gasteiger partial charge in [-0.1, -0.05) is 13.0 Å². The van der Waals surface area contributed by atoms with Crippen LogP contribution in [0.1, 0.15) is 30.0 Å². The van der Waals surface area contributed by atoms with Gasteiger partial charge in [0.1, 0.15) is 0 Å². The number of nitrogens with zero attached hydrogens (tertiary/aromatic N) is 1. The minimum Gasteiger partial charge on any atom is -0.327 e. The normalized spacial score (nSPS) is 23.7. The molecule has 2 nitrogen and oxygen atoms in total. The van der Waals surface area contributed by atoms with Crippen LogP contribution in [-0.4, -0.2) is 24.0 Å². The van der Waals surface area contributed by atoms with Crippen LogP contribution in [0.4, 0.5) is 13.2 Å². The van der Waals surface area contributed by atoms with Crippen LogP contribution >= 0.6 is 12.4 Å². The molecular weight excluding hydrogens is 301 g/mol. The molecule has 0 radical (unpaired) electrons. The van der Waals surface area contributed by atoms with Crippen molar-refractivity contribution in [3.8, 4) is 0 Å². The molecule has 1 aromatic carbocycles. The summed E-state index contributed by atoms with van der Waals surface area (Å²) in [5.41, 5.74) is 7.06. The van der Waals surface area contributed by atoms with Gasteiger partial charge in [-0.05, 0) is 49.1 Å². The number of rotatable bonds is 2. The van der Waals surface area contributed by atoms with Crippen LogP contribution in [0, 0.1) is 12.8 Å². The maximum Gasteiger partial charge on any atom is 0.416 e. The van der Waals surface area contributed by atoms with Crippen molar-refractivity contribution in [3.05, 3.63) is 34.9 Å². The lowest BCUT2D eigenvalue weighted by Crippen LogP contribution is -2.45. The average molecular weight is 323 g/mol. The second-order valence-electron chi connectivity index (χ2n) is 5.80. The van der Waals surface area contributed by atoms with Crippen LogP contribution in [0.2, 0.25) is 0 Å². The second-order valence-corrected chi connectivity index (χ2v) is 5.80. The molecule has 0 saturated carbocycles. The molecule has 1 aliphatic rings. The van der Waals surface area contributed by atoms with Gasteiger partial charge in [-0.3, -0.25) is 4.90 Å². The molecule has 2 rings (SSSR count). The largest absolute Gasteiger partial charge is 0.416 e. The lowest BCUT2D eigenvalue weighted by molar-refractivity contribution is -0.137. The van der Waals surface area contributed by atoms with Crippen LogP contribution in [0.15, 0.2) is 18.2 Å². The van der Waals surface area contributed by atoms with E-state index in [-0.39, 0.29) is 18.4 Å². The SMILES string of the molecule is Cc1cc(C(F)(F)F)ccc1CN1CCC(N)C(C)C1.Cl. The molecule has 0 spiro atoms. The zero-order chi connectivity index (χ0) is 14.9. The van der Waals surface area contributed by atoms with E-state index in [1.807, 2.05) is 0 Å². The van der Waals surface area contributed by atoms with Crippen molar-refractivity contribution >= 4 is 12.4 Å². The summed E-state index contributed by atoms with van der Waals surface area (Å²) in [6, 6.07) is 4.23. The molecule has 6 heteroatoms. The molecule has 0 bridgehead atoms. The van der Waals surface area contributed by atoms with Crippen molar-refractivity contribution in [2.24, 2.45) is 11.7 Å². The van der Waals surface area contributed by atoms with Crippen molar-refractivity contribution < 1.29 is 13.2 Å². The highest BCUT2D eigenvalue weighted by Crippen LogP contribution is 2.31. The molecular formula is C15H22ClF3N2. The number of nitrogens with two attached hydrogens (primary N) is 1. The fraction of sp³-hybridized carbons (Fsp3) is 0.600. The Morgan fingerprint density at radius 3 is 2.52 bits per heavy atom. The fourth-order valence-corrected chi connectivity index (χ4v) is 2.68. The van der Waals surface area contributed by atoms with E-state index in [0.717, 1.165) is 25.1 Å². The first kappa shape index (κ1) is 18.3. The monoisotopic (exact) mass is 322 g/mol. The maximum atomic E-state index is 12.6. The van der Waals surface area contributed by atoms with E-state index >= 15 is 0 Å². The van der Waals surface area contributed by atoms with Crippen molar-refractivity contribution in [1.29, 1.82) is 0 Å². The molecule has 2 N–H and O–H groups in total. The van der Waals surface area contributed by atoms with E-state index in [1.54, 1.807) is 13.0 Å². The molecule has 21 heavy (non-hydrogen) atoms. The number of alkyl halides is 3. The molecule has 120 valence electrons. The van der Waals surface area contributed by atoms with Gasteiger partial charge in [0.25, 0.3) is 0 Å². The minimum absolute atomic E-state index is 0. The zero-order valence-corrected chi connectivity index (χ0v) is 13.1. The third-order valence-corrected chi connectivity index (χ3v) is 4.12. The number of benzene rings is 1. The van der Waals surface area contributed by atoms with Crippen LogP contribution in [0.3, 0.4) is 0 Å². The first-order chi connectivity index (χ1) is 9.27. The summed E-state index contributed by atoms with van der Waals surface area (Å²) in [7, 11) is 0. The summed E-state index contributed by atoms with van der Waals surface area (Å²) in [5, 5.41) is 0. The summed E-state index contributed by atoms with van der Waals surface area (Å²) in [4.78, 5) is 2.27. The van der Waals surface area contributed by atoms with Gasteiger partial charge in [0.2, 0.25) is 0 Å². The molecule has 2 atom stereocenters. The van der Waals surface area contributed by atoms with Crippen LogP contribution in [-0.2, 0) is 12.7 Å². The smallest absolute Gasteiger partial charge is 0.327 e. The Morgan fingerprint density at radius 1 is 1.33 bits per heavy atom. The highest BCUT2D eigenvalue weighted by Gasteiger charge is 2.31. The molecule has 0 aromatic heterocycles. The summed E-state index contributed by atoms with van der Waals surface area (Å²) >= 11 is 0. The number of piperidine rings is 1. The van der Waals surface area contributed by atoms with Gasteiger partial charge in [0, 0.05) is 19.1 Å². The maximum absolute atomic E-state index is 12.6. The molecule has 2 unspecified atom stereocenters. The lowest BCUT2D eigenvalue weighted by Gasteiger charge is -2.35. The number of hydrogen-bond acceptors (Lipinski definition) is 2. The first-order valence-electron chi connectivity index (χ1n) is 6.92. The van der Waals surface area contributed by atoms with Gasteiger partial charge >= 0.3 is 6.18 Å². The molecule has 1 heterocycles. The van der Waals surface area contributed by atoms with Gasteiger partial charge in [0.05, 0.1) is 5.56 Å². The Balaban J connectivity index is 0.00000220. The van der Waals surface area contributed by atoms with Crippen LogP contribution < -0.4 is 5.73 Å². The van der Waals surface area contributed by atoms with E-state index in [2.05, 4.69) is 11.8 Å². The van der Waals surface area contributed by atoms with E-state index < -0.39 is 11.7 Å². The summed E-state index contributed by atoms with van der Waals surface area (Å²) < 4.78 is 37.9. The standard InChI is InChI=1S/C15H21F3N2.ClH/c1-10-7-13(15(16,17)18)4-3-12(10)9-20-6-5-14(19)11(2)8-20;/h3-4,7,11,14H,5-6,8-9,19H2,1-2H3;1H. The molecule has 1 saturated heterocycles. The van der Waals surface area contributed by atoms with Gasteiger partial charge in [-0.15, -0.1) is 12.4 Å². The van der Waals surface area contributed by atoms with E-state index in [9.17, 15) is 13.2 Å². The zero-order valence-electron chi connectivity index (χ0n) is 12.3. The van der Waals surface area contributed by atoms with Crippen molar-refractivity contribution in [3.63, 3.8) is 0 Å². The molecule has 1 aliphatic heterocycles. The Kier molecular flexibility index (Phi) is 6.08. The van der Waals surface area contributed by atoms with Crippen molar-refractivity contribution in [1.82, 2.24) is 4.90 Å². The van der Waals surface area contributed by atoms with Gasteiger partial charge < -0.3 is 5.73 Å². The Labute approximate surface area is 129 Å². The second kappa shape index (κ2) is 6.99. The van der Waals surface area contributed by atoms with Crippen LogP contribution in [0.25, 0.3) is 0 Å². The number of likely N-dealkylation sites (tertiary alicyclic amines) is 1. The number of halogens is 4. The summed E-state index contributed by atoms with van der Waals surface area (Å²) in [5.74, 6) is 0.429. The molecule has 0 amide bonds. The van der Waals surface area contributed by atoms with Crippen LogP contribution in [0.5, 0.6) is 0 Å². The van der Waals surface area contributed by atoms with Crippen molar-refractivity contribution in [2.45, 2.75) is 39.0 Å². The van der Waals surface area contributed by atoms with Crippen molar-refractivity contribution in [2.75, 3.05) is 13.1 Å². The van der Waals surface area contributed by atoms with E-state index in [0.29, 0.717) is 18.0 Å². The van der Waals surface area contributed by atoms with Gasteiger partial charge in [0.15, 0.2) is 0 Å². The average Bonchev–Trinajstić information content (AvgIpc) is 2.35. The molecule has 1 fully saturated rings. The fourth-order valence-electron chi connectivity index (χ4n) is 2.68. The first-order valence-corrected chi connectivity index (χ1v) is 6.92. The predicted molar refractivity (Wildman–Crippen MR) is 80.5 cm³/mol. The third kappa shape index (κ3) is 4.59.